The molecule has 0 aliphatic carbocycles. The van der Waals surface area contributed by atoms with Crippen LogP contribution < -0.4 is 10.6 Å². The number of para-hydroxylation sites is 2. The van der Waals surface area contributed by atoms with E-state index in [0.29, 0.717) is 19.1 Å². The van der Waals surface area contributed by atoms with Crippen LogP contribution in [-0.4, -0.2) is 42.3 Å². The van der Waals surface area contributed by atoms with Crippen molar-refractivity contribution >= 4 is 22.9 Å². The van der Waals surface area contributed by atoms with Gasteiger partial charge in [0.25, 0.3) is 0 Å². The van der Waals surface area contributed by atoms with Crippen LogP contribution in [0.15, 0.2) is 24.3 Å². The Balaban J connectivity index is 2.17. The summed E-state index contributed by atoms with van der Waals surface area (Å²) in [5.74, 6) is 1.19. The standard InChI is InChI=1S/C16H24N4O2/c1-12(2)10-18-16-19-13-6-4-5-7-14(13)20(16)11-15(21)17-8-9-22-3/h4-7,12H,8-11H2,1-3H3,(H,17,21)(H,18,19). The summed E-state index contributed by atoms with van der Waals surface area (Å²) >= 11 is 0. The number of rotatable bonds is 8. The molecular weight excluding hydrogens is 280 g/mol. The first-order valence-corrected chi connectivity index (χ1v) is 7.56. The van der Waals surface area contributed by atoms with Gasteiger partial charge in [-0.1, -0.05) is 26.0 Å². The van der Waals surface area contributed by atoms with Crippen LogP contribution in [0, 0.1) is 5.92 Å². The van der Waals surface area contributed by atoms with Crippen molar-refractivity contribution in [1.29, 1.82) is 0 Å². The number of amides is 1. The van der Waals surface area contributed by atoms with E-state index in [1.807, 2.05) is 28.8 Å². The Labute approximate surface area is 130 Å². The lowest BCUT2D eigenvalue weighted by molar-refractivity contribution is -0.121. The van der Waals surface area contributed by atoms with Crippen LogP contribution >= 0.6 is 0 Å². The number of methoxy groups -OCH3 is 1. The highest BCUT2D eigenvalue weighted by Crippen LogP contribution is 2.19. The van der Waals surface area contributed by atoms with Crippen molar-refractivity contribution in [3.05, 3.63) is 24.3 Å². The monoisotopic (exact) mass is 304 g/mol. The van der Waals surface area contributed by atoms with E-state index in [2.05, 4.69) is 29.5 Å². The number of ether oxygens (including phenoxy) is 1. The van der Waals surface area contributed by atoms with E-state index in [0.717, 1.165) is 23.5 Å². The van der Waals surface area contributed by atoms with E-state index >= 15 is 0 Å². The predicted molar refractivity (Wildman–Crippen MR) is 87.9 cm³/mol. The molecule has 2 rings (SSSR count). The van der Waals surface area contributed by atoms with E-state index in [4.69, 9.17) is 4.74 Å². The van der Waals surface area contributed by atoms with Gasteiger partial charge < -0.3 is 19.9 Å². The molecule has 0 saturated carbocycles. The first kappa shape index (κ1) is 16.3. The SMILES string of the molecule is COCCNC(=O)Cn1c(NCC(C)C)nc2ccccc21. The highest BCUT2D eigenvalue weighted by molar-refractivity contribution is 5.83. The van der Waals surface area contributed by atoms with Crippen LogP contribution in [0.5, 0.6) is 0 Å². The number of nitrogens with zero attached hydrogens (tertiary/aromatic N) is 2. The van der Waals surface area contributed by atoms with Gasteiger partial charge in [-0.15, -0.1) is 0 Å². The Morgan fingerprint density at radius 2 is 2.14 bits per heavy atom. The quantitative estimate of drug-likeness (QED) is 0.731. The summed E-state index contributed by atoms with van der Waals surface area (Å²) in [5.41, 5.74) is 1.84. The molecule has 2 N–H and O–H groups in total. The van der Waals surface area contributed by atoms with Gasteiger partial charge in [-0.3, -0.25) is 4.79 Å². The predicted octanol–water partition coefficient (Wildman–Crippen LogP) is 1.87. The third-order valence-electron chi connectivity index (χ3n) is 3.25. The molecule has 22 heavy (non-hydrogen) atoms. The third-order valence-corrected chi connectivity index (χ3v) is 3.25. The number of benzene rings is 1. The zero-order chi connectivity index (χ0) is 15.9. The number of fused-ring (bicyclic) bond motifs is 1. The molecule has 6 nitrogen and oxygen atoms in total. The second kappa shape index (κ2) is 7.79. The van der Waals surface area contributed by atoms with Crippen molar-refractivity contribution in [2.75, 3.05) is 32.1 Å². The molecule has 0 saturated heterocycles. The lowest BCUT2D eigenvalue weighted by Gasteiger charge is -2.12. The first-order valence-electron chi connectivity index (χ1n) is 7.56. The summed E-state index contributed by atoms with van der Waals surface area (Å²) < 4.78 is 6.86. The molecule has 0 bridgehead atoms. The molecule has 0 spiro atoms. The summed E-state index contributed by atoms with van der Waals surface area (Å²) in [6.07, 6.45) is 0. The molecule has 0 aliphatic heterocycles. The molecular formula is C16H24N4O2. The van der Waals surface area contributed by atoms with Gasteiger partial charge >= 0.3 is 0 Å². The third kappa shape index (κ3) is 4.21. The van der Waals surface area contributed by atoms with Crippen molar-refractivity contribution in [2.45, 2.75) is 20.4 Å². The normalized spacial score (nSPS) is 11.1. The zero-order valence-electron chi connectivity index (χ0n) is 13.4. The number of hydrogen-bond acceptors (Lipinski definition) is 4. The van der Waals surface area contributed by atoms with Gasteiger partial charge in [0.15, 0.2) is 0 Å². The van der Waals surface area contributed by atoms with Crippen molar-refractivity contribution in [3.8, 4) is 0 Å². The average molecular weight is 304 g/mol. The van der Waals surface area contributed by atoms with Crippen molar-refractivity contribution in [2.24, 2.45) is 5.92 Å². The van der Waals surface area contributed by atoms with Crippen LogP contribution in [0.3, 0.4) is 0 Å². The summed E-state index contributed by atoms with van der Waals surface area (Å²) in [6.45, 7) is 6.35. The molecule has 0 aliphatic rings. The van der Waals surface area contributed by atoms with E-state index < -0.39 is 0 Å². The molecule has 1 aromatic heterocycles. The Kier molecular flexibility index (Phi) is 5.77. The molecule has 0 atom stereocenters. The largest absolute Gasteiger partial charge is 0.383 e. The number of nitrogens with one attached hydrogen (secondary N) is 2. The molecule has 1 amide bonds. The minimum absolute atomic E-state index is 0.0483. The summed E-state index contributed by atoms with van der Waals surface area (Å²) in [6, 6.07) is 7.83. The number of imidazole rings is 1. The zero-order valence-corrected chi connectivity index (χ0v) is 13.4. The van der Waals surface area contributed by atoms with Gasteiger partial charge in [0, 0.05) is 20.2 Å². The van der Waals surface area contributed by atoms with Crippen LogP contribution in [-0.2, 0) is 16.1 Å². The smallest absolute Gasteiger partial charge is 0.240 e. The van der Waals surface area contributed by atoms with E-state index in [1.54, 1.807) is 7.11 Å². The van der Waals surface area contributed by atoms with Crippen LogP contribution in [0.4, 0.5) is 5.95 Å². The Morgan fingerprint density at radius 3 is 2.86 bits per heavy atom. The number of carbonyl (C=O) groups excluding carboxylic acids is 1. The molecule has 120 valence electrons. The summed E-state index contributed by atoms with van der Waals surface area (Å²) in [4.78, 5) is 16.7. The van der Waals surface area contributed by atoms with Gasteiger partial charge in [-0.2, -0.15) is 0 Å². The molecule has 1 aromatic carbocycles. The Morgan fingerprint density at radius 1 is 1.36 bits per heavy atom. The Bertz CT molecular complexity index is 622. The van der Waals surface area contributed by atoms with Gasteiger partial charge in [-0.05, 0) is 18.1 Å². The molecule has 2 aromatic rings. The number of anilines is 1. The van der Waals surface area contributed by atoms with Crippen molar-refractivity contribution < 1.29 is 9.53 Å². The minimum atomic E-state index is -0.0483. The maximum atomic E-state index is 12.1. The fourth-order valence-corrected chi connectivity index (χ4v) is 2.16. The topological polar surface area (TPSA) is 68.2 Å². The number of aromatic nitrogens is 2. The fourth-order valence-electron chi connectivity index (χ4n) is 2.16. The van der Waals surface area contributed by atoms with Crippen LogP contribution in [0.25, 0.3) is 11.0 Å². The average Bonchev–Trinajstić information content (AvgIpc) is 2.83. The fraction of sp³-hybridized carbons (Fsp3) is 0.500. The van der Waals surface area contributed by atoms with Crippen molar-refractivity contribution in [3.63, 3.8) is 0 Å². The van der Waals surface area contributed by atoms with Gasteiger partial charge in [0.05, 0.1) is 17.6 Å². The molecule has 0 radical (unpaired) electrons. The summed E-state index contributed by atoms with van der Waals surface area (Å²) in [7, 11) is 1.61. The van der Waals surface area contributed by atoms with Crippen molar-refractivity contribution in [1.82, 2.24) is 14.9 Å². The minimum Gasteiger partial charge on any atom is -0.383 e. The van der Waals surface area contributed by atoms with Crippen LogP contribution in [0.2, 0.25) is 0 Å². The van der Waals surface area contributed by atoms with E-state index in [1.165, 1.54) is 0 Å². The van der Waals surface area contributed by atoms with E-state index in [-0.39, 0.29) is 12.5 Å². The Hall–Kier alpha value is -2.08. The van der Waals surface area contributed by atoms with Gasteiger partial charge in [-0.25, -0.2) is 4.98 Å². The number of hydrogen-bond donors (Lipinski definition) is 2. The van der Waals surface area contributed by atoms with Gasteiger partial charge in [0.2, 0.25) is 11.9 Å². The molecule has 0 fully saturated rings. The maximum Gasteiger partial charge on any atom is 0.240 e. The second-order valence-electron chi connectivity index (χ2n) is 5.63. The lowest BCUT2D eigenvalue weighted by atomic mass is 10.2. The number of carbonyl (C=O) groups is 1. The van der Waals surface area contributed by atoms with Crippen LogP contribution in [0.1, 0.15) is 13.8 Å². The first-order chi connectivity index (χ1) is 10.6. The lowest BCUT2D eigenvalue weighted by Crippen LogP contribution is -2.30. The maximum absolute atomic E-state index is 12.1. The molecule has 0 unspecified atom stereocenters. The highest BCUT2D eigenvalue weighted by atomic mass is 16.5. The van der Waals surface area contributed by atoms with E-state index in [9.17, 15) is 4.79 Å². The van der Waals surface area contributed by atoms with Gasteiger partial charge in [0.1, 0.15) is 6.54 Å². The highest BCUT2D eigenvalue weighted by Gasteiger charge is 2.13. The molecule has 1 heterocycles. The molecule has 6 heteroatoms. The summed E-state index contributed by atoms with van der Waals surface area (Å²) in [5, 5.41) is 6.16. The second-order valence-corrected chi connectivity index (χ2v) is 5.63.